The van der Waals surface area contributed by atoms with Crippen molar-refractivity contribution in [3.8, 4) is 5.75 Å². The summed E-state index contributed by atoms with van der Waals surface area (Å²) >= 11 is 0. The van der Waals surface area contributed by atoms with E-state index in [0.717, 1.165) is 38.9 Å². The number of methoxy groups -OCH3 is 1. The summed E-state index contributed by atoms with van der Waals surface area (Å²) in [6, 6.07) is 6.48. The van der Waals surface area contributed by atoms with E-state index in [-0.39, 0.29) is 23.9 Å². The smallest absolute Gasteiger partial charge is 0.325 e. The Balaban J connectivity index is 1.45. The van der Waals surface area contributed by atoms with Gasteiger partial charge in [0.1, 0.15) is 11.3 Å². The standard InChI is InChI=1S/C23H32N4O4/c1-3-11-25-13-9-23(10-14-25)21(29)27(22(30)24-23)18-7-5-12-26(16-18)20(28)17-6-4-8-19(15-17)31-2/h4,6,8,15,18H,3,5,7,9-14,16H2,1-2H3,(H,24,30)/t18-/m0/s1. The number of hydrogen-bond acceptors (Lipinski definition) is 5. The van der Waals surface area contributed by atoms with Crippen LogP contribution in [0.4, 0.5) is 4.79 Å². The van der Waals surface area contributed by atoms with Crippen molar-refractivity contribution in [1.82, 2.24) is 20.0 Å². The van der Waals surface area contributed by atoms with E-state index in [9.17, 15) is 14.4 Å². The van der Waals surface area contributed by atoms with Crippen LogP contribution in [0.3, 0.4) is 0 Å². The lowest BCUT2D eigenvalue weighted by Crippen LogP contribution is -2.56. The molecule has 3 fully saturated rings. The van der Waals surface area contributed by atoms with Gasteiger partial charge in [0.15, 0.2) is 0 Å². The maximum atomic E-state index is 13.4. The Labute approximate surface area is 183 Å². The van der Waals surface area contributed by atoms with Gasteiger partial charge >= 0.3 is 6.03 Å². The van der Waals surface area contributed by atoms with Crippen molar-refractivity contribution < 1.29 is 19.1 Å². The number of likely N-dealkylation sites (tertiary alicyclic amines) is 2. The number of rotatable bonds is 5. The van der Waals surface area contributed by atoms with Crippen LogP contribution in [0.25, 0.3) is 0 Å². The van der Waals surface area contributed by atoms with E-state index >= 15 is 0 Å². The molecule has 8 nitrogen and oxygen atoms in total. The second-order valence-electron chi connectivity index (χ2n) is 8.81. The Morgan fingerprint density at radius 2 is 2.00 bits per heavy atom. The molecule has 3 heterocycles. The number of ether oxygens (including phenoxy) is 1. The Morgan fingerprint density at radius 1 is 1.23 bits per heavy atom. The first kappa shape index (κ1) is 21.6. The summed E-state index contributed by atoms with van der Waals surface area (Å²) in [5, 5.41) is 3.01. The maximum absolute atomic E-state index is 13.4. The van der Waals surface area contributed by atoms with Crippen LogP contribution in [0.15, 0.2) is 24.3 Å². The highest BCUT2D eigenvalue weighted by Crippen LogP contribution is 2.32. The maximum Gasteiger partial charge on any atom is 0.325 e. The van der Waals surface area contributed by atoms with Gasteiger partial charge in [-0.1, -0.05) is 13.0 Å². The van der Waals surface area contributed by atoms with E-state index in [2.05, 4.69) is 17.1 Å². The van der Waals surface area contributed by atoms with Crippen molar-refractivity contribution >= 4 is 17.8 Å². The quantitative estimate of drug-likeness (QED) is 0.727. The van der Waals surface area contributed by atoms with Gasteiger partial charge in [0.2, 0.25) is 0 Å². The summed E-state index contributed by atoms with van der Waals surface area (Å²) in [5.74, 6) is 0.414. The monoisotopic (exact) mass is 428 g/mol. The number of benzene rings is 1. The molecule has 1 aromatic rings. The molecule has 0 radical (unpaired) electrons. The molecule has 0 saturated carbocycles. The van der Waals surface area contributed by atoms with Crippen LogP contribution in [-0.4, -0.2) is 84.0 Å². The molecule has 4 amide bonds. The molecule has 0 aromatic heterocycles. The fourth-order valence-electron chi connectivity index (χ4n) is 5.07. The first-order valence-corrected chi connectivity index (χ1v) is 11.3. The van der Waals surface area contributed by atoms with E-state index in [1.807, 2.05) is 0 Å². The highest BCUT2D eigenvalue weighted by molar-refractivity contribution is 6.07. The number of carbonyl (C=O) groups is 3. The first-order chi connectivity index (χ1) is 15.0. The fourth-order valence-corrected chi connectivity index (χ4v) is 5.07. The van der Waals surface area contributed by atoms with Gasteiger partial charge in [-0.05, 0) is 56.8 Å². The number of piperidine rings is 2. The minimum atomic E-state index is -0.777. The molecule has 3 aliphatic rings. The van der Waals surface area contributed by atoms with Gasteiger partial charge in [0.25, 0.3) is 11.8 Å². The van der Waals surface area contributed by atoms with E-state index < -0.39 is 5.54 Å². The zero-order valence-corrected chi connectivity index (χ0v) is 18.4. The van der Waals surface area contributed by atoms with Crippen molar-refractivity contribution in [2.75, 3.05) is 39.8 Å². The van der Waals surface area contributed by atoms with Gasteiger partial charge in [-0.15, -0.1) is 0 Å². The predicted molar refractivity (Wildman–Crippen MR) is 116 cm³/mol. The fraction of sp³-hybridized carbons (Fsp3) is 0.609. The average molecular weight is 429 g/mol. The molecule has 1 N–H and O–H groups in total. The lowest BCUT2D eigenvalue weighted by atomic mass is 9.87. The van der Waals surface area contributed by atoms with Gasteiger partial charge < -0.3 is 19.9 Å². The normalized spacial score (nSPS) is 23.9. The molecule has 1 atom stereocenters. The van der Waals surface area contributed by atoms with Crippen LogP contribution in [0.1, 0.15) is 49.4 Å². The van der Waals surface area contributed by atoms with E-state index in [4.69, 9.17) is 4.74 Å². The average Bonchev–Trinajstić information content (AvgIpc) is 3.04. The summed E-state index contributed by atoms with van der Waals surface area (Å²) in [4.78, 5) is 44.8. The number of hydrogen-bond donors (Lipinski definition) is 1. The summed E-state index contributed by atoms with van der Waals surface area (Å²) < 4.78 is 5.23. The van der Waals surface area contributed by atoms with E-state index in [0.29, 0.717) is 37.2 Å². The summed E-state index contributed by atoms with van der Waals surface area (Å²) in [6.07, 6.45) is 3.85. The van der Waals surface area contributed by atoms with Crippen LogP contribution >= 0.6 is 0 Å². The SMILES string of the molecule is CCCN1CCC2(CC1)NC(=O)N([C@H]1CCCN(C(=O)c3cccc(OC)c3)C1)C2=O. The van der Waals surface area contributed by atoms with Gasteiger partial charge in [-0.2, -0.15) is 0 Å². The van der Waals surface area contributed by atoms with Crippen molar-refractivity contribution in [1.29, 1.82) is 0 Å². The highest BCUT2D eigenvalue weighted by atomic mass is 16.5. The Bertz CT molecular complexity index is 850. The molecule has 168 valence electrons. The molecule has 8 heteroatoms. The predicted octanol–water partition coefficient (Wildman–Crippen LogP) is 2.10. The zero-order valence-electron chi connectivity index (χ0n) is 18.4. The second-order valence-corrected chi connectivity index (χ2v) is 8.81. The third-order valence-electron chi connectivity index (χ3n) is 6.81. The Morgan fingerprint density at radius 3 is 2.71 bits per heavy atom. The van der Waals surface area contributed by atoms with Crippen molar-refractivity contribution in [2.45, 2.75) is 50.6 Å². The van der Waals surface area contributed by atoms with E-state index in [1.54, 1.807) is 36.3 Å². The number of nitrogens with zero attached hydrogens (tertiary/aromatic N) is 3. The third kappa shape index (κ3) is 4.13. The molecule has 0 unspecified atom stereocenters. The number of carbonyl (C=O) groups excluding carboxylic acids is 3. The summed E-state index contributed by atoms with van der Waals surface area (Å²) in [5.41, 5.74) is -0.225. The molecule has 1 spiro atoms. The molecule has 3 saturated heterocycles. The van der Waals surface area contributed by atoms with Crippen molar-refractivity contribution in [2.24, 2.45) is 0 Å². The Kier molecular flexibility index (Phi) is 6.18. The summed E-state index contributed by atoms with van der Waals surface area (Å²) in [7, 11) is 1.57. The lowest BCUT2D eigenvalue weighted by Gasteiger charge is -2.39. The first-order valence-electron chi connectivity index (χ1n) is 11.3. The number of amides is 4. The van der Waals surface area contributed by atoms with Crippen molar-refractivity contribution in [3.05, 3.63) is 29.8 Å². The topological polar surface area (TPSA) is 82.2 Å². The molecule has 1 aromatic carbocycles. The number of imide groups is 1. The zero-order chi connectivity index (χ0) is 22.0. The molecule has 0 aliphatic carbocycles. The molecule has 3 aliphatic heterocycles. The minimum absolute atomic E-state index is 0.0989. The molecule has 31 heavy (non-hydrogen) atoms. The Hall–Kier alpha value is -2.61. The van der Waals surface area contributed by atoms with Gasteiger partial charge in [0.05, 0.1) is 13.2 Å². The largest absolute Gasteiger partial charge is 0.497 e. The highest BCUT2D eigenvalue weighted by Gasteiger charge is 2.54. The third-order valence-corrected chi connectivity index (χ3v) is 6.81. The molecular formula is C23H32N4O4. The van der Waals surface area contributed by atoms with Crippen LogP contribution in [0.2, 0.25) is 0 Å². The van der Waals surface area contributed by atoms with Gasteiger partial charge in [-0.3, -0.25) is 14.5 Å². The number of urea groups is 1. The number of nitrogens with one attached hydrogen (secondary N) is 1. The van der Waals surface area contributed by atoms with Crippen LogP contribution < -0.4 is 10.1 Å². The molecule has 4 rings (SSSR count). The van der Waals surface area contributed by atoms with Crippen LogP contribution in [-0.2, 0) is 4.79 Å². The minimum Gasteiger partial charge on any atom is -0.497 e. The molecule has 0 bridgehead atoms. The summed E-state index contributed by atoms with van der Waals surface area (Å²) in [6.45, 7) is 5.79. The van der Waals surface area contributed by atoms with Gasteiger partial charge in [0, 0.05) is 31.7 Å². The van der Waals surface area contributed by atoms with E-state index in [1.165, 1.54) is 4.90 Å². The van der Waals surface area contributed by atoms with Crippen LogP contribution in [0, 0.1) is 0 Å². The van der Waals surface area contributed by atoms with Gasteiger partial charge in [-0.25, -0.2) is 4.79 Å². The molecular weight excluding hydrogens is 396 g/mol. The van der Waals surface area contributed by atoms with Crippen LogP contribution in [0.5, 0.6) is 5.75 Å². The second kappa shape index (κ2) is 8.86. The van der Waals surface area contributed by atoms with Crippen molar-refractivity contribution in [3.63, 3.8) is 0 Å². The lowest BCUT2D eigenvalue weighted by molar-refractivity contribution is -0.135.